The first kappa shape index (κ1) is 9.86. The van der Waals surface area contributed by atoms with Crippen molar-refractivity contribution in [2.75, 3.05) is 5.73 Å². The third kappa shape index (κ3) is 1.92. The number of aromatic nitrogens is 1. The van der Waals surface area contributed by atoms with Gasteiger partial charge in [0.2, 0.25) is 0 Å². The van der Waals surface area contributed by atoms with Crippen molar-refractivity contribution in [2.24, 2.45) is 0 Å². The minimum atomic E-state index is -2.73. The van der Waals surface area contributed by atoms with Crippen LogP contribution in [0.5, 0.6) is 0 Å². The van der Waals surface area contributed by atoms with Gasteiger partial charge in [0, 0.05) is 0 Å². The number of rotatable bonds is 1. The maximum Gasteiger partial charge on any atom is 0.282 e. The summed E-state index contributed by atoms with van der Waals surface area (Å²) in [5.74, 6) is 0. The highest BCUT2D eigenvalue weighted by molar-refractivity contribution is 9.10. The van der Waals surface area contributed by atoms with Crippen LogP contribution in [0.15, 0.2) is 10.7 Å². The molecule has 0 unspecified atom stereocenters. The van der Waals surface area contributed by atoms with E-state index >= 15 is 0 Å². The molecule has 0 radical (unpaired) electrons. The van der Waals surface area contributed by atoms with E-state index in [4.69, 9.17) is 11.0 Å². The van der Waals surface area contributed by atoms with Gasteiger partial charge in [0.05, 0.1) is 11.3 Å². The van der Waals surface area contributed by atoms with Crippen LogP contribution in [0.1, 0.15) is 17.7 Å². The molecule has 0 bridgehead atoms. The predicted octanol–water partition coefficient (Wildman–Crippen LogP) is 2.24. The Hall–Kier alpha value is -1.22. The third-order valence-corrected chi connectivity index (χ3v) is 1.97. The van der Waals surface area contributed by atoms with Crippen molar-refractivity contribution >= 4 is 21.6 Å². The molecule has 2 N–H and O–H groups in total. The van der Waals surface area contributed by atoms with E-state index in [0.29, 0.717) is 0 Å². The van der Waals surface area contributed by atoms with E-state index in [2.05, 4.69) is 20.9 Å². The van der Waals surface area contributed by atoms with Crippen LogP contribution in [0.25, 0.3) is 0 Å². The van der Waals surface area contributed by atoms with Gasteiger partial charge in [-0.3, -0.25) is 0 Å². The van der Waals surface area contributed by atoms with E-state index in [1.807, 2.05) is 0 Å². The topological polar surface area (TPSA) is 62.7 Å². The predicted molar refractivity (Wildman–Crippen MR) is 46.0 cm³/mol. The summed E-state index contributed by atoms with van der Waals surface area (Å²) in [4.78, 5) is 3.46. The van der Waals surface area contributed by atoms with Crippen LogP contribution < -0.4 is 5.73 Å². The highest BCUT2D eigenvalue weighted by atomic mass is 79.9. The molecule has 1 rings (SSSR count). The molecule has 3 nitrogen and oxygen atoms in total. The van der Waals surface area contributed by atoms with Crippen LogP contribution in [0.3, 0.4) is 0 Å². The fourth-order valence-corrected chi connectivity index (χ4v) is 1.17. The van der Waals surface area contributed by atoms with Crippen LogP contribution in [-0.2, 0) is 0 Å². The maximum absolute atomic E-state index is 12.2. The average molecular weight is 248 g/mol. The molecule has 0 aromatic carbocycles. The van der Waals surface area contributed by atoms with Crippen molar-refractivity contribution in [1.82, 2.24) is 4.98 Å². The van der Waals surface area contributed by atoms with Crippen LogP contribution >= 0.6 is 15.9 Å². The van der Waals surface area contributed by atoms with Crippen molar-refractivity contribution in [3.63, 3.8) is 0 Å². The van der Waals surface area contributed by atoms with Crippen molar-refractivity contribution < 1.29 is 8.78 Å². The number of hydrogen-bond acceptors (Lipinski definition) is 3. The zero-order chi connectivity index (χ0) is 10.0. The van der Waals surface area contributed by atoms with Gasteiger partial charge >= 0.3 is 0 Å². The summed E-state index contributed by atoms with van der Waals surface area (Å²) in [5.41, 5.74) is 4.71. The molecule has 0 atom stereocenters. The number of nitrogen functional groups attached to an aromatic ring is 1. The number of halogens is 3. The fourth-order valence-electron chi connectivity index (χ4n) is 0.773. The number of nitrogens with zero attached hydrogens (tertiary/aromatic N) is 2. The number of alkyl halides is 2. The van der Waals surface area contributed by atoms with Crippen LogP contribution in [0.2, 0.25) is 0 Å². The smallest absolute Gasteiger partial charge is 0.282 e. The van der Waals surface area contributed by atoms with E-state index < -0.39 is 12.1 Å². The van der Waals surface area contributed by atoms with Gasteiger partial charge in [0.15, 0.2) is 0 Å². The number of hydrogen-bond donors (Lipinski definition) is 1. The van der Waals surface area contributed by atoms with Gasteiger partial charge in [0.25, 0.3) is 6.43 Å². The molecule has 0 amide bonds. The first-order chi connectivity index (χ1) is 6.06. The highest BCUT2D eigenvalue weighted by Gasteiger charge is 2.15. The monoisotopic (exact) mass is 247 g/mol. The second-order valence-electron chi connectivity index (χ2n) is 2.21. The second-order valence-corrected chi connectivity index (χ2v) is 2.96. The third-order valence-electron chi connectivity index (χ3n) is 1.36. The first-order valence-electron chi connectivity index (χ1n) is 3.20. The number of nitrogens with two attached hydrogens (primary N) is 1. The van der Waals surface area contributed by atoms with E-state index in [-0.39, 0.29) is 15.9 Å². The zero-order valence-corrected chi connectivity index (χ0v) is 7.85. The van der Waals surface area contributed by atoms with E-state index in [0.717, 1.165) is 0 Å². The largest absolute Gasteiger partial charge is 0.397 e. The van der Waals surface area contributed by atoms with Crippen LogP contribution in [0, 0.1) is 11.3 Å². The normalized spacial score (nSPS) is 10.1. The van der Waals surface area contributed by atoms with Crippen molar-refractivity contribution in [3.05, 3.63) is 21.9 Å². The second kappa shape index (κ2) is 3.66. The minimum Gasteiger partial charge on any atom is -0.397 e. The fraction of sp³-hybridized carbons (Fsp3) is 0.143. The Balaban J connectivity index is 3.31. The number of anilines is 1. The van der Waals surface area contributed by atoms with Crippen LogP contribution in [-0.4, -0.2) is 4.98 Å². The molecule has 1 aromatic rings. The summed E-state index contributed by atoms with van der Waals surface area (Å²) in [6.45, 7) is 0. The van der Waals surface area contributed by atoms with Crippen molar-refractivity contribution in [3.8, 4) is 6.07 Å². The molecule has 1 heterocycles. The Kier molecular flexibility index (Phi) is 2.78. The molecule has 0 aliphatic rings. The summed E-state index contributed by atoms with van der Waals surface area (Å²) >= 11 is 2.89. The van der Waals surface area contributed by atoms with Crippen molar-refractivity contribution in [1.29, 1.82) is 5.26 Å². The number of pyridine rings is 1. The highest BCUT2D eigenvalue weighted by Crippen LogP contribution is 2.26. The lowest BCUT2D eigenvalue weighted by molar-refractivity contribution is 0.147. The van der Waals surface area contributed by atoms with E-state index in [1.165, 1.54) is 6.07 Å². The molecule has 13 heavy (non-hydrogen) atoms. The Bertz CT molecular complexity index is 373. The molecule has 0 saturated heterocycles. The van der Waals surface area contributed by atoms with Gasteiger partial charge in [-0.15, -0.1) is 0 Å². The summed E-state index contributed by atoms with van der Waals surface area (Å²) in [7, 11) is 0. The quantitative estimate of drug-likeness (QED) is 0.775. The first-order valence-corrected chi connectivity index (χ1v) is 3.99. The molecule has 0 aliphatic carbocycles. The molecule has 68 valence electrons. The molecule has 1 aromatic heterocycles. The van der Waals surface area contributed by atoms with Crippen LogP contribution in [0.4, 0.5) is 14.5 Å². The number of nitriles is 1. The van der Waals surface area contributed by atoms with Gasteiger partial charge in [-0.25, -0.2) is 13.8 Å². The van der Waals surface area contributed by atoms with Gasteiger partial charge in [-0.05, 0) is 22.0 Å². The van der Waals surface area contributed by atoms with Gasteiger partial charge < -0.3 is 5.73 Å². The Morgan fingerprint density at radius 1 is 1.62 bits per heavy atom. The lowest BCUT2D eigenvalue weighted by Crippen LogP contribution is -2.00. The van der Waals surface area contributed by atoms with Gasteiger partial charge in [-0.1, -0.05) is 0 Å². The lowest BCUT2D eigenvalue weighted by Gasteiger charge is -2.04. The standard InChI is InChI=1S/C7H4BrF2N3/c8-6-3(2-11)1-4(12)5(13-6)7(9)10/h1,7H,12H2. The Labute approximate surface area is 81.3 Å². The Morgan fingerprint density at radius 2 is 2.23 bits per heavy atom. The van der Waals surface area contributed by atoms with Gasteiger partial charge in [-0.2, -0.15) is 5.26 Å². The minimum absolute atomic E-state index is 0.0829. The molecular weight excluding hydrogens is 244 g/mol. The molecule has 0 fully saturated rings. The SMILES string of the molecule is N#Cc1cc(N)c(C(F)F)nc1Br. The van der Waals surface area contributed by atoms with Gasteiger partial charge in [0.1, 0.15) is 16.4 Å². The maximum atomic E-state index is 12.2. The summed E-state index contributed by atoms with van der Waals surface area (Å²) < 4.78 is 24.5. The van der Waals surface area contributed by atoms with Crippen molar-refractivity contribution in [2.45, 2.75) is 6.43 Å². The molecule has 0 saturated carbocycles. The van der Waals surface area contributed by atoms with E-state index in [9.17, 15) is 8.78 Å². The van der Waals surface area contributed by atoms with E-state index in [1.54, 1.807) is 6.07 Å². The lowest BCUT2D eigenvalue weighted by atomic mass is 10.2. The summed E-state index contributed by atoms with van der Waals surface area (Å²) in [5, 5.41) is 8.51. The average Bonchev–Trinajstić information content (AvgIpc) is 2.07. The molecular formula is C7H4BrF2N3. The zero-order valence-electron chi connectivity index (χ0n) is 6.26. The molecule has 0 spiro atoms. The molecule has 0 aliphatic heterocycles. The molecule has 6 heteroatoms. The summed E-state index contributed by atoms with van der Waals surface area (Å²) in [6, 6.07) is 2.93. The summed E-state index contributed by atoms with van der Waals surface area (Å²) in [6.07, 6.45) is -2.73. The Morgan fingerprint density at radius 3 is 2.69 bits per heavy atom.